The van der Waals surface area contributed by atoms with Crippen LogP contribution in [0.1, 0.15) is 27.5 Å². The fraction of sp³-hybridized carbons (Fsp3) is 0.130. The SMILES string of the molecule is Cc1ccc(-c2nnc(SC(c3ccccc3)c3ccccc3)o2)cc1C. The van der Waals surface area contributed by atoms with Gasteiger partial charge in [0, 0.05) is 5.56 Å². The highest BCUT2D eigenvalue weighted by atomic mass is 32.2. The van der Waals surface area contributed by atoms with Gasteiger partial charge in [-0.2, -0.15) is 0 Å². The van der Waals surface area contributed by atoms with E-state index in [9.17, 15) is 0 Å². The molecule has 0 spiro atoms. The van der Waals surface area contributed by atoms with E-state index in [0.717, 1.165) is 5.56 Å². The molecule has 0 bridgehead atoms. The van der Waals surface area contributed by atoms with Crippen LogP contribution < -0.4 is 0 Å². The molecule has 134 valence electrons. The molecule has 4 heteroatoms. The first-order valence-electron chi connectivity index (χ1n) is 8.88. The Hall–Kier alpha value is -2.85. The Kier molecular flexibility index (Phi) is 5.07. The van der Waals surface area contributed by atoms with Gasteiger partial charge < -0.3 is 4.42 Å². The Morgan fingerprint density at radius 3 is 1.96 bits per heavy atom. The number of rotatable bonds is 5. The molecule has 4 rings (SSSR count). The van der Waals surface area contributed by atoms with Crippen LogP contribution in [0.2, 0.25) is 0 Å². The van der Waals surface area contributed by atoms with Gasteiger partial charge in [0.15, 0.2) is 0 Å². The van der Waals surface area contributed by atoms with Crippen LogP contribution in [0.3, 0.4) is 0 Å². The third-order valence-corrected chi connectivity index (χ3v) is 5.73. The number of hydrogen-bond donors (Lipinski definition) is 0. The van der Waals surface area contributed by atoms with E-state index < -0.39 is 0 Å². The summed E-state index contributed by atoms with van der Waals surface area (Å²) in [6.45, 7) is 4.18. The number of thioether (sulfide) groups is 1. The number of aryl methyl sites for hydroxylation is 2. The summed E-state index contributed by atoms with van der Waals surface area (Å²) in [7, 11) is 0. The topological polar surface area (TPSA) is 38.9 Å². The van der Waals surface area contributed by atoms with Gasteiger partial charge in [0.25, 0.3) is 5.22 Å². The van der Waals surface area contributed by atoms with Crippen molar-refractivity contribution in [1.29, 1.82) is 0 Å². The fourth-order valence-electron chi connectivity index (χ4n) is 2.93. The smallest absolute Gasteiger partial charge is 0.277 e. The second-order valence-corrected chi connectivity index (χ2v) is 7.55. The number of hydrogen-bond acceptors (Lipinski definition) is 4. The van der Waals surface area contributed by atoms with Crippen LogP contribution in [0.4, 0.5) is 0 Å². The summed E-state index contributed by atoms with van der Waals surface area (Å²) in [6.07, 6.45) is 0. The van der Waals surface area contributed by atoms with E-state index >= 15 is 0 Å². The Morgan fingerprint density at radius 1 is 0.741 bits per heavy atom. The van der Waals surface area contributed by atoms with Gasteiger partial charge in [-0.3, -0.25) is 0 Å². The van der Waals surface area contributed by atoms with Crippen LogP contribution in [0.15, 0.2) is 88.5 Å². The fourth-order valence-corrected chi connectivity index (χ4v) is 3.94. The van der Waals surface area contributed by atoms with Crippen molar-refractivity contribution in [2.45, 2.75) is 24.3 Å². The highest BCUT2D eigenvalue weighted by Crippen LogP contribution is 2.40. The van der Waals surface area contributed by atoms with E-state index in [1.807, 2.05) is 18.2 Å². The van der Waals surface area contributed by atoms with E-state index in [4.69, 9.17) is 4.42 Å². The molecule has 0 unspecified atom stereocenters. The molecule has 0 fully saturated rings. The molecule has 3 aromatic carbocycles. The summed E-state index contributed by atoms with van der Waals surface area (Å²) in [6, 6.07) is 27.0. The monoisotopic (exact) mass is 372 g/mol. The molecule has 27 heavy (non-hydrogen) atoms. The first kappa shape index (κ1) is 17.6. The maximum Gasteiger partial charge on any atom is 0.277 e. The molecule has 0 atom stereocenters. The summed E-state index contributed by atoms with van der Waals surface area (Å²) in [4.78, 5) is 0. The van der Waals surface area contributed by atoms with Gasteiger partial charge >= 0.3 is 0 Å². The minimum atomic E-state index is 0.0976. The number of benzene rings is 3. The first-order chi connectivity index (χ1) is 13.2. The molecule has 0 aliphatic carbocycles. The largest absolute Gasteiger partial charge is 0.411 e. The molecule has 1 aromatic heterocycles. The lowest BCUT2D eigenvalue weighted by molar-refractivity contribution is 0.465. The minimum absolute atomic E-state index is 0.0976. The van der Waals surface area contributed by atoms with Gasteiger partial charge in [0.1, 0.15) is 0 Å². The van der Waals surface area contributed by atoms with Crippen molar-refractivity contribution in [3.05, 3.63) is 101 Å². The maximum atomic E-state index is 5.98. The van der Waals surface area contributed by atoms with E-state index in [0.29, 0.717) is 11.1 Å². The molecule has 0 aliphatic heterocycles. The average Bonchev–Trinajstić information content (AvgIpc) is 3.18. The van der Waals surface area contributed by atoms with Crippen molar-refractivity contribution in [2.24, 2.45) is 0 Å². The summed E-state index contributed by atoms with van der Waals surface area (Å²) in [5.41, 5.74) is 5.83. The maximum absolute atomic E-state index is 5.98. The number of nitrogens with zero attached hydrogens (tertiary/aromatic N) is 2. The highest BCUT2D eigenvalue weighted by molar-refractivity contribution is 7.99. The zero-order valence-electron chi connectivity index (χ0n) is 15.3. The molecule has 4 aromatic rings. The normalized spacial score (nSPS) is 11.1. The molecular formula is C23H20N2OS. The van der Waals surface area contributed by atoms with Crippen molar-refractivity contribution in [2.75, 3.05) is 0 Å². The van der Waals surface area contributed by atoms with Crippen molar-refractivity contribution in [3.8, 4) is 11.5 Å². The van der Waals surface area contributed by atoms with Crippen LogP contribution in [-0.4, -0.2) is 10.2 Å². The Bertz CT molecular complexity index is 989. The van der Waals surface area contributed by atoms with Crippen molar-refractivity contribution >= 4 is 11.8 Å². The van der Waals surface area contributed by atoms with E-state index in [1.54, 1.807) is 11.8 Å². The second-order valence-electron chi connectivity index (χ2n) is 6.49. The molecule has 0 saturated carbocycles. The standard InChI is InChI=1S/C23H20N2OS/c1-16-13-14-20(15-17(16)2)22-24-25-23(26-22)27-21(18-9-5-3-6-10-18)19-11-7-4-8-12-19/h3-15,21H,1-2H3. The molecule has 0 aliphatic rings. The van der Waals surface area contributed by atoms with Crippen LogP contribution in [0.25, 0.3) is 11.5 Å². The van der Waals surface area contributed by atoms with Gasteiger partial charge in [-0.1, -0.05) is 78.5 Å². The summed E-state index contributed by atoms with van der Waals surface area (Å²) in [5.74, 6) is 0.556. The zero-order valence-corrected chi connectivity index (χ0v) is 16.1. The third-order valence-electron chi connectivity index (χ3n) is 4.58. The number of aromatic nitrogens is 2. The molecule has 1 heterocycles. The predicted octanol–water partition coefficient (Wildman–Crippen LogP) is 6.24. The Labute approximate surface area is 163 Å². The van der Waals surface area contributed by atoms with Crippen molar-refractivity contribution in [1.82, 2.24) is 10.2 Å². The van der Waals surface area contributed by atoms with Crippen LogP contribution in [-0.2, 0) is 0 Å². The third kappa shape index (κ3) is 3.96. The quantitative estimate of drug-likeness (QED) is 0.389. The average molecular weight is 372 g/mol. The lowest BCUT2D eigenvalue weighted by Crippen LogP contribution is -1.96. The Morgan fingerprint density at radius 2 is 1.37 bits per heavy atom. The molecule has 3 nitrogen and oxygen atoms in total. The minimum Gasteiger partial charge on any atom is -0.411 e. The van der Waals surface area contributed by atoms with Crippen molar-refractivity contribution in [3.63, 3.8) is 0 Å². The van der Waals surface area contributed by atoms with Crippen LogP contribution >= 0.6 is 11.8 Å². The molecular weight excluding hydrogens is 352 g/mol. The van der Waals surface area contributed by atoms with Gasteiger partial charge in [-0.05, 0) is 48.2 Å². The first-order valence-corrected chi connectivity index (χ1v) is 9.76. The molecule has 0 N–H and O–H groups in total. The highest BCUT2D eigenvalue weighted by Gasteiger charge is 2.19. The van der Waals surface area contributed by atoms with Crippen molar-refractivity contribution < 1.29 is 4.42 Å². The lowest BCUT2D eigenvalue weighted by atomic mass is 10.0. The molecule has 0 radical (unpaired) electrons. The zero-order chi connectivity index (χ0) is 18.6. The lowest BCUT2D eigenvalue weighted by Gasteiger charge is -2.15. The van der Waals surface area contributed by atoms with Gasteiger partial charge in [0.2, 0.25) is 5.89 Å². The molecule has 0 saturated heterocycles. The van der Waals surface area contributed by atoms with Gasteiger partial charge in [0.05, 0.1) is 5.25 Å². The summed E-state index contributed by atoms with van der Waals surface area (Å²) < 4.78 is 5.98. The predicted molar refractivity (Wildman–Crippen MR) is 110 cm³/mol. The van der Waals surface area contributed by atoms with Gasteiger partial charge in [-0.15, -0.1) is 10.2 Å². The van der Waals surface area contributed by atoms with Gasteiger partial charge in [-0.25, -0.2) is 0 Å². The second kappa shape index (κ2) is 7.80. The summed E-state index contributed by atoms with van der Waals surface area (Å²) >= 11 is 1.58. The van der Waals surface area contributed by atoms with Crippen LogP contribution in [0, 0.1) is 13.8 Å². The van der Waals surface area contributed by atoms with E-state index in [-0.39, 0.29) is 5.25 Å². The summed E-state index contributed by atoms with van der Waals surface area (Å²) in [5, 5.41) is 9.21. The Balaban J connectivity index is 1.64. The van der Waals surface area contributed by atoms with E-state index in [2.05, 4.69) is 84.7 Å². The van der Waals surface area contributed by atoms with E-state index in [1.165, 1.54) is 22.3 Å². The molecule has 0 amide bonds. The van der Waals surface area contributed by atoms with Crippen LogP contribution in [0.5, 0.6) is 0 Å².